The van der Waals surface area contributed by atoms with Crippen LogP contribution >= 0.6 is 0 Å². The average Bonchev–Trinajstić information content (AvgIpc) is 3.90. The number of aldehydes is 2. The number of hydrogen-bond donors (Lipinski definition) is 1. The lowest BCUT2D eigenvalue weighted by Crippen LogP contribution is -2.22. The Morgan fingerprint density at radius 2 is 1.18 bits per heavy atom. The Balaban J connectivity index is 0.000000208. The van der Waals surface area contributed by atoms with Gasteiger partial charge in [0.1, 0.15) is 25.6 Å². The Hall–Kier alpha value is -4.99. The number of nitrogens with zero attached hydrogens (tertiary/aromatic N) is 5. The highest BCUT2D eigenvalue weighted by molar-refractivity contribution is 6.76. The summed E-state index contributed by atoms with van der Waals surface area (Å²) in [5, 5.41) is 4.30. The van der Waals surface area contributed by atoms with E-state index in [1.165, 1.54) is 6.04 Å². The predicted molar refractivity (Wildman–Crippen MR) is 231 cm³/mol. The van der Waals surface area contributed by atoms with Crippen LogP contribution in [0.15, 0.2) is 113 Å². The average molecular weight is 775 g/mol. The quantitative estimate of drug-likeness (QED) is 0.0486. The zero-order valence-corrected chi connectivity index (χ0v) is 34.9. The van der Waals surface area contributed by atoms with E-state index in [9.17, 15) is 9.59 Å². The van der Waals surface area contributed by atoms with Gasteiger partial charge in [-0.2, -0.15) is 5.10 Å². The van der Waals surface area contributed by atoms with Crippen LogP contribution in [-0.2, 0) is 16.2 Å². The molecule has 1 aliphatic heterocycles. The van der Waals surface area contributed by atoms with Crippen molar-refractivity contribution in [2.45, 2.75) is 58.1 Å². The number of rotatable bonds is 15. The zero-order chi connectivity index (χ0) is 39.7. The molecule has 288 valence electrons. The molecule has 0 atom stereocenters. The molecule has 10 nitrogen and oxygen atoms in total. The molecule has 55 heavy (non-hydrogen) atoms. The minimum Gasteiger partial charge on any atom is -0.367 e. The third kappa shape index (κ3) is 14.6. The molecule has 0 saturated heterocycles. The maximum atomic E-state index is 10.8. The molecule has 0 radical (unpaired) electrons. The van der Waals surface area contributed by atoms with Gasteiger partial charge in [0.05, 0.1) is 13.3 Å². The minimum atomic E-state index is -1.10. The molecule has 0 amide bonds. The number of hydrogen-bond acceptors (Lipinski definition) is 9. The van der Waals surface area contributed by atoms with E-state index in [-0.39, 0.29) is 0 Å². The van der Waals surface area contributed by atoms with Crippen LogP contribution in [0.3, 0.4) is 0 Å². The maximum Gasteiger partial charge on any atom is 0.160 e. The predicted octanol–water partition coefficient (Wildman–Crippen LogP) is 8.99. The molecule has 1 aliphatic rings. The summed E-state index contributed by atoms with van der Waals surface area (Å²) in [6, 6.07) is 33.7. The molecule has 2 heterocycles. The Morgan fingerprint density at radius 1 is 0.673 bits per heavy atom. The van der Waals surface area contributed by atoms with Crippen molar-refractivity contribution in [3.63, 3.8) is 0 Å². The number of carbonyl (C=O) groups is 2. The summed E-state index contributed by atoms with van der Waals surface area (Å²) in [6.07, 6.45) is 5.07. The number of amidine groups is 1. The van der Waals surface area contributed by atoms with Gasteiger partial charge in [0, 0.05) is 57.8 Å². The smallest absolute Gasteiger partial charge is 0.160 e. The first kappa shape index (κ1) is 42.8. The van der Waals surface area contributed by atoms with E-state index in [0.29, 0.717) is 31.1 Å². The monoisotopic (exact) mass is 774 g/mol. The molecule has 0 unspecified atom stereocenters. The minimum absolute atomic E-state index is 0.366. The topological polar surface area (TPSA) is 134 Å². The van der Waals surface area contributed by atoms with E-state index < -0.39 is 16.1 Å². The van der Waals surface area contributed by atoms with E-state index >= 15 is 0 Å². The Labute approximate surface area is 327 Å². The third-order valence-corrected chi connectivity index (χ3v) is 11.9. The maximum absolute atomic E-state index is 10.8. The zero-order valence-electron chi connectivity index (χ0n) is 32.9. The lowest BCUT2D eigenvalue weighted by atomic mass is 10.0. The van der Waals surface area contributed by atoms with Crippen molar-refractivity contribution in [2.75, 3.05) is 26.5 Å². The number of aromatic nitrogens is 3. The Morgan fingerprint density at radius 3 is 1.67 bits per heavy atom. The van der Waals surface area contributed by atoms with Crippen LogP contribution in [0.2, 0.25) is 51.4 Å². The van der Waals surface area contributed by atoms with Gasteiger partial charge >= 0.3 is 0 Å². The van der Waals surface area contributed by atoms with Crippen molar-refractivity contribution in [2.24, 2.45) is 15.7 Å². The summed E-state index contributed by atoms with van der Waals surface area (Å²) in [5.74, 6) is 1.57. The van der Waals surface area contributed by atoms with Gasteiger partial charge in [-0.1, -0.05) is 124 Å². The standard InChI is InChI=1S/C21H25N3O2Si.C16H12N2O.C6H17NOSi/c1-27(2,3)12-11-26-16-24-21(22-15-23-24)20-6-4-5-19(13-20)18-9-7-17(14-25)8-10-18;19-11-12-4-6-13(7-5-12)14-2-1-3-15(10-14)16-17-8-9-18-16;1-9(2,3)5-4-8-6-7/h4-10,13-15H,11-12,16H2,1-3H3;1-8,10-11H,9H2;4-7H2,1-3H3. The number of benzene rings is 4. The van der Waals surface area contributed by atoms with Crippen LogP contribution < -0.4 is 5.73 Å². The molecule has 6 rings (SSSR count). The Bertz CT molecular complexity index is 2010. The molecule has 0 saturated carbocycles. The van der Waals surface area contributed by atoms with E-state index in [2.05, 4.69) is 71.5 Å². The summed E-state index contributed by atoms with van der Waals surface area (Å²) in [6.45, 7) is 17.0. The summed E-state index contributed by atoms with van der Waals surface area (Å²) >= 11 is 0. The fourth-order valence-electron chi connectivity index (χ4n) is 5.22. The van der Waals surface area contributed by atoms with Gasteiger partial charge in [0.15, 0.2) is 11.7 Å². The molecule has 0 fully saturated rings. The number of carbonyl (C=O) groups excluding carboxylic acids is 2. The van der Waals surface area contributed by atoms with Gasteiger partial charge in [-0.3, -0.25) is 14.6 Å². The van der Waals surface area contributed by atoms with Gasteiger partial charge in [-0.25, -0.2) is 14.7 Å². The van der Waals surface area contributed by atoms with Crippen LogP contribution in [0.5, 0.6) is 0 Å². The molecule has 4 aromatic carbocycles. The number of ether oxygens (including phenoxy) is 2. The molecule has 1 aromatic heterocycles. The van der Waals surface area contributed by atoms with Crippen molar-refractivity contribution in [1.82, 2.24) is 14.8 Å². The van der Waals surface area contributed by atoms with E-state index in [4.69, 9.17) is 15.2 Å². The van der Waals surface area contributed by atoms with Crippen LogP contribution in [0.1, 0.15) is 26.3 Å². The van der Waals surface area contributed by atoms with Crippen molar-refractivity contribution < 1.29 is 19.1 Å². The summed E-state index contributed by atoms with van der Waals surface area (Å²) < 4.78 is 12.6. The van der Waals surface area contributed by atoms with Crippen molar-refractivity contribution in [1.29, 1.82) is 0 Å². The molecular formula is C43H54N6O4Si2. The first-order valence-corrected chi connectivity index (χ1v) is 25.9. The highest BCUT2D eigenvalue weighted by atomic mass is 28.3. The fraction of sp³-hybridized carbons (Fsp3) is 0.302. The highest BCUT2D eigenvalue weighted by Gasteiger charge is 2.14. The second kappa shape index (κ2) is 21.2. The van der Waals surface area contributed by atoms with Gasteiger partial charge < -0.3 is 15.2 Å². The number of nitrogens with two attached hydrogens (primary N) is 1. The van der Waals surface area contributed by atoms with Gasteiger partial charge in [-0.05, 0) is 46.5 Å². The second-order valence-corrected chi connectivity index (χ2v) is 26.7. The van der Waals surface area contributed by atoms with Crippen molar-refractivity contribution in [3.05, 3.63) is 120 Å². The number of aliphatic imine (C=N–C) groups is 2. The third-order valence-electron chi connectivity index (χ3n) is 8.48. The van der Waals surface area contributed by atoms with Crippen LogP contribution in [0.4, 0.5) is 0 Å². The fourth-order valence-corrected chi connectivity index (χ4v) is 6.73. The molecule has 0 aliphatic carbocycles. The van der Waals surface area contributed by atoms with Crippen LogP contribution in [0.25, 0.3) is 33.6 Å². The van der Waals surface area contributed by atoms with Gasteiger partial charge in [-0.15, -0.1) is 0 Å². The first-order valence-electron chi connectivity index (χ1n) is 18.5. The van der Waals surface area contributed by atoms with E-state index in [1.54, 1.807) is 17.2 Å². The molecule has 0 bridgehead atoms. The van der Waals surface area contributed by atoms with E-state index in [0.717, 1.165) is 76.9 Å². The van der Waals surface area contributed by atoms with Crippen LogP contribution in [-0.4, -0.2) is 82.0 Å². The molecule has 5 aromatic rings. The SMILES string of the molecule is C[Si](C)(C)CCOCN.C[Si](C)(C)CCOCn1ncnc1-c1cccc(-c2ccc(C=O)cc2)c1.O=Cc1ccc(-c2cccc(C3=NCC=N3)c2)cc1. The van der Waals surface area contributed by atoms with Crippen molar-refractivity contribution >= 4 is 40.8 Å². The normalized spacial score (nSPS) is 12.2. The summed E-state index contributed by atoms with van der Waals surface area (Å²) in [5.41, 5.74) is 12.8. The van der Waals surface area contributed by atoms with Crippen molar-refractivity contribution in [3.8, 4) is 33.6 Å². The second-order valence-electron chi connectivity index (χ2n) is 15.4. The first-order chi connectivity index (χ1) is 26.4. The van der Waals surface area contributed by atoms with Crippen LogP contribution in [0, 0.1) is 0 Å². The van der Waals surface area contributed by atoms with E-state index in [1.807, 2.05) is 84.9 Å². The summed E-state index contributed by atoms with van der Waals surface area (Å²) in [4.78, 5) is 34.5. The van der Waals surface area contributed by atoms with Gasteiger partial charge in [0.25, 0.3) is 0 Å². The Kier molecular flexibility index (Phi) is 16.5. The highest BCUT2D eigenvalue weighted by Crippen LogP contribution is 2.26. The molecule has 0 spiro atoms. The van der Waals surface area contributed by atoms with Gasteiger partial charge in [0.2, 0.25) is 0 Å². The lowest BCUT2D eigenvalue weighted by Gasteiger charge is -2.15. The summed E-state index contributed by atoms with van der Waals surface area (Å²) in [7, 11) is -1.98. The molecule has 12 heteroatoms. The lowest BCUT2D eigenvalue weighted by molar-refractivity contribution is 0.0796. The molecule has 2 N–H and O–H groups in total. The molecular weight excluding hydrogens is 721 g/mol. The largest absolute Gasteiger partial charge is 0.367 e.